The fourth-order valence-corrected chi connectivity index (χ4v) is 3.80. The minimum atomic E-state index is -0.876. The Morgan fingerprint density at radius 3 is 2.79 bits per heavy atom. The Kier molecular flexibility index (Phi) is 7.39. The van der Waals surface area contributed by atoms with Gasteiger partial charge in [-0.05, 0) is 47.9 Å². The standard InChI is InChI=1S/C26H26FN3O4/c1-33-25-15-22(34-13-12-30-11-10-18-4-2-3-5-21(18)17-30)8-6-20(25)16-28-29-26(32)19-7-9-24(31)23(27)14-19/h2-9,14-16,31H,10-13,17H2,1H3,(H,29,32). The summed E-state index contributed by atoms with van der Waals surface area (Å²) in [5, 5.41) is 13.1. The number of carbonyl (C=O) groups is 1. The Balaban J connectivity index is 1.30. The Hall–Kier alpha value is -3.91. The number of phenolic OH excluding ortho intramolecular Hbond substituents is 1. The van der Waals surface area contributed by atoms with Crippen molar-refractivity contribution in [2.24, 2.45) is 5.10 Å². The molecular formula is C26H26FN3O4. The van der Waals surface area contributed by atoms with Crippen LogP contribution < -0.4 is 14.9 Å². The first-order valence-corrected chi connectivity index (χ1v) is 11.0. The molecule has 2 N–H and O–H groups in total. The smallest absolute Gasteiger partial charge is 0.271 e. The molecule has 1 aliphatic rings. The molecule has 3 aromatic rings. The highest BCUT2D eigenvalue weighted by molar-refractivity contribution is 5.95. The quantitative estimate of drug-likeness (QED) is 0.393. The molecule has 34 heavy (non-hydrogen) atoms. The lowest BCUT2D eigenvalue weighted by Crippen LogP contribution is -2.33. The van der Waals surface area contributed by atoms with Crippen LogP contribution in [-0.2, 0) is 13.0 Å². The van der Waals surface area contributed by atoms with Gasteiger partial charge in [0.05, 0.1) is 13.3 Å². The number of nitrogens with one attached hydrogen (secondary N) is 1. The number of ether oxygens (including phenoxy) is 2. The highest BCUT2D eigenvalue weighted by Crippen LogP contribution is 2.24. The highest BCUT2D eigenvalue weighted by atomic mass is 19.1. The van der Waals surface area contributed by atoms with Gasteiger partial charge in [0, 0.05) is 36.8 Å². The summed E-state index contributed by atoms with van der Waals surface area (Å²) in [5.74, 6) is -0.783. The van der Waals surface area contributed by atoms with Gasteiger partial charge in [-0.2, -0.15) is 5.10 Å². The van der Waals surface area contributed by atoms with E-state index in [1.165, 1.54) is 23.4 Å². The molecule has 0 spiro atoms. The third-order valence-electron chi connectivity index (χ3n) is 5.67. The highest BCUT2D eigenvalue weighted by Gasteiger charge is 2.15. The Morgan fingerprint density at radius 1 is 1.18 bits per heavy atom. The largest absolute Gasteiger partial charge is 0.505 e. The molecule has 0 fully saturated rings. The lowest BCUT2D eigenvalue weighted by Gasteiger charge is -2.28. The number of methoxy groups -OCH3 is 1. The van der Waals surface area contributed by atoms with E-state index in [0.717, 1.165) is 38.2 Å². The van der Waals surface area contributed by atoms with E-state index in [1.807, 2.05) is 6.07 Å². The number of fused-ring (bicyclic) bond motifs is 1. The number of carbonyl (C=O) groups excluding carboxylic acids is 1. The monoisotopic (exact) mass is 463 g/mol. The minimum Gasteiger partial charge on any atom is -0.505 e. The Labute approximate surface area is 197 Å². The number of rotatable bonds is 8. The maximum atomic E-state index is 13.4. The summed E-state index contributed by atoms with van der Waals surface area (Å²) in [6.45, 7) is 3.32. The van der Waals surface area contributed by atoms with Gasteiger partial charge < -0.3 is 14.6 Å². The second-order valence-electron chi connectivity index (χ2n) is 7.91. The first-order chi connectivity index (χ1) is 16.5. The zero-order valence-electron chi connectivity index (χ0n) is 18.8. The van der Waals surface area contributed by atoms with Crippen molar-refractivity contribution in [2.45, 2.75) is 13.0 Å². The maximum absolute atomic E-state index is 13.4. The number of nitrogens with zero attached hydrogens (tertiary/aromatic N) is 2. The van der Waals surface area contributed by atoms with Gasteiger partial charge in [0.1, 0.15) is 18.1 Å². The van der Waals surface area contributed by atoms with Gasteiger partial charge in [0.2, 0.25) is 0 Å². The number of aromatic hydroxyl groups is 1. The lowest BCUT2D eigenvalue weighted by atomic mass is 10.0. The van der Waals surface area contributed by atoms with E-state index in [0.29, 0.717) is 23.7 Å². The normalized spacial score (nSPS) is 13.5. The molecule has 8 heteroatoms. The third-order valence-corrected chi connectivity index (χ3v) is 5.67. The number of phenols is 1. The molecule has 0 saturated carbocycles. The zero-order chi connectivity index (χ0) is 23.9. The molecule has 1 amide bonds. The van der Waals surface area contributed by atoms with E-state index in [4.69, 9.17) is 9.47 Å². The summed E-state index contributed by atoms with van der Waals surface area (Å²) in [6, 6.07) is 17.3. The van der Waals surface area contributed by atoms with Crippen LogP contribution in [0.25, 0.3) is 0 Å². The van der Waals surface area contributed by atoms with Crippen LogP contribution in [0.5, 0.6) is 17.2 Å². The SMILES string of the molecule is COc1cc(OCCN2CCc3ccccc3C2)ccc1C=NNC(=O)c1ccc(O)c(F)c1. The molecule has 0 atom stereocenters. The molecule has 0 bridgehead atoms. The second kappa shape index (κ2) is 10.8. The number of halogens is 1. The van der Waals surface area contributed by atoms with Crippen LogP contribution in [0.1, 0.15) is 27.0 Å². The number of hydrogen-bond donors (Lipinski definition) is 2. The molecule has 4 rings (SSSR count). The molecule has 7 nitrogen and oxygen atoms in total. The predicted octanol–water partition coefficient (Wildman–Crippen LogP) is 3.74. The molecule has 0 aromatic heterocycles. The molecular weight excluding hydrogens is 437 g/mol. The van der Waals surface area contributed by atoms with Crippen LogP contribution in [0.4, 0.5) is 4.39 Å². The molecule has 1 aliphatic heterocycles. The molecule has 0 radical (unpaired) electrons. The van der Waals surface area contributed by atoms with E-state index in [1.54, 1.807) is 19.2 Å². The van der Waals surface area contributed by atoms with Crippen LogP contribution in [-0.4, -0.2) is 48.9 Å². The van der Waals surface area contributed by atoms with Gasteiger partial charge in [0.25, 0.3) is 5.91 Å². The average Bonchev–Trinajstić information content (AvgIpc) is 2.86. The first kappa shape index (κ1) is 23.3. The summed E-state index contributed by atoms with van der Waals surface area (Å²) in [5.41, 5.74) is 5.81. The summed E-state index contributed by atoms with van der Waals surface area (Å²) in [4.78, 5) is 14.5. The number of amides is 1. The maximum Gasteiger partial charge on any atom is 0.271 e. The fraction of sp³-hybridized carbons (Fsp3) is 0.231. The van der Waals surface area contributed by atoms with Crippen LogP contribution in [0.2, 0.25) is 0 Å². The van der Waals surface area contributed by atoms with Gasteiger partial charge in [-0.15, -0.1) is 0 Å². The second-order valence-corrected chi connectivity index (χ2v) is 7.91. The molecule has 3 aromatic carbocycles. The molecule has 0 saturated heterocycles. The van der Waals surface area contributed by atoms with Gasteiger partial charge in [-0.25, -0.2) is 9.82 Å². The number of hydrazone groups is 1. The average molecular weight is 464 g/mol. The van der Waals surface area contributed by atoms with E-state index >= 15 is 0 Å². The van der Waals surface area contributed by atoms with E-state index < -0.39 is 17.5 Å². The first-order valence-electron chi connectivity index (χ1n) is 11.0. The van der Waals surface area contributed by atoms with Gasteiger partial charge in [0.15, 0.2) is 11.6 Å². The minimum absolute atomic E-state index is 0.0420. The molecule has 176 valence electrons. The van der Waals surface area contributed by atoms with Gasteiger partial charge >= 0.3 is 0 Å². The van der Waals surface area contributed by atoms with Crippen molar-refractivity contribution < 1.29 is 23.8 Å². The van der Waals surface area contributed by atoms with Gasteiger partial charge in [-0.1, -0.05) is 24.3 Å². The number of hydrogen-bond acceptors (Lipinski definition) is 6. The Morgan fingerprint density at radius 2 is 2.00 bits per heavy atom. The van der Waals surface area contributed by atoms with Crippen molar-refractivity contribution in [3.05, 3.63) is 88.7 Å². The van der Waals surface area contributed by atoms with Crippen molar-refractivity contribution in [2.75, 3.05) is 26.8 Å². The summed E-state index contributed by atoms with van der Waals surface area (Å²) < 4.78 is 24.8. The van der Waals surface area contributed by atoms with Crippen LogP contribution in [0.15, 0.2) is 65.8 Å². The van der Waals surface area contributed by atoms with Crippen molar-refractivity contribution in [3.63, 3.8) is 0 Å². The van der Waals surface area contributed by atoms with Crippen molar-refractivity contribution in [1.82, 2.24) is 10.3 Å². The van der Waals surface area contributed by atoms with E-state index in [2.05, 4.69) is 39.7 Å². The van der Waals surface area contributed by atoms with E-state index in [9.17, 15) is 14.3 Å². The van der Waals surface area contributed by atoms with Crippen molar-refractivity contribution in [1.29, 1.82) is 0 Å². The summed E-state index contributed by atoms with van der Waals surface area (Å²) in [6.07, 6.45) is 2.48. The summed E-state index contributed by atoms with van der Waals surface area (Å²) in [7, 11) is 1.54. The predicted molar refractivity (Wildman–Crippen MR) is 127 cm³/mol. The Bertz CT molecular complexity index is 1200. The van der Waals surface area contributed by atoms with Crippen molar-refractivity contribution >= 4 is 12.1 Å². The summed E-state index contributed by atoms with van der Waals surface area (Å²) >= 11 is 0. The van der Waals surface area contributed by atoms with Crippen LogP contribution in [0.3, 0.4) is 0 Å². The van der Waals surface area contributed by atoms with Crippen molar-refractivity contribution in [3.8, 4) is 17.2 Å². The van der Waals surface area contributed by atoms with Crippen LogP contribution in [0, 0.1) is 5.82 Å². The third kappa shape index (κ3) is 5.71. The van der Waals surface area contributed by atoms with Gasteiger partial charge in [-0.3, -0.25) is 9.69 Å². The molecule has 0 aliphatic carbocycles. The van der Waals surface area contributed by atoms with Crippen LogP contribution >= 0.6 is 0 Å². The molecule has 0 unspecified atom stereocenters. The fourth-order valence-electron chi connectivity index (χ4n) is 3.80. The number of benzene rings is 3. The van der Waals surface area contributed by atoms with E-state index in [-0.39, 0.29) is 5.56 Å². The topological polar surface area (TPSA) is 83.4 Å². The zero-order valence-corrected chi connectivity index (χ0v) is 18.8. The molecule has 1 heterocycles. The lowest BCUT2D eigenvalue weighted by molar-refractivity contribution is 0.0954.